The van der Waals surface area contributed by atoms with Gasteiger partial charge in [-0.05, 0) is 62.9 Å². The third-order valence-electron chi connectivity index (χ3n) is 4.05. The maximum atomic E-state index is 13.8. The lowest BCUT2D eigenvalue weighted by Gasteiger charge is -2.35. The summed E-state index contributed by atoms with van der Waals surface area (Å²) in [6, 6.07) is 3.31. The van der Waals surface area contributed by atoms with Gasteiger partial charge in [0.1, 0.15) is 11.6 Å². The summed E-state index contributed by atoms with van der Waals surface area (Å²) in [5.74, 6) is 0.0952. The average molecular weight is 302 g/mol. The average Bonchev–Trinajstić information content (AvgIpc) is 2.42. The SMILES string of the molecule is CCCN(CCC)[C@H]1CCc2c(F)ccc(O)c2C1.Cl. The highest BCUT2D eigenvalue weighted by atomic mass is 35.5. The van der Waals surface area contributed by atoms with Crippen LogP contribution in [0.2, 0.25) is 0 Å². The van der Waals surface area contributed by atoms with Crippen LogP contribution in [-0.2, 0) is 12.8 Å². The number of fused-ring (bicyclic) bond motifs is 1. The maximum absolute atomic E-state index is 13.8. The van der Waals surface area contributed by atoms with Gasteiger partial charge < -0.3 is 10.0 Å². The van der Waals surface area contributed by atoms with E-state index in [0.717, 1.165) is 56.3 Å². The lowest BCUT2D eigenvalue weighted by Crippen LogP contribution is -2.40. The molecule has 1 N–H and O–H groups in total. The van der Waals surface area contributed by atoms with Crippen LogP contribution in [0, 0.1) is 5.82 Å². The van der Waals surface area contributed by atoms with E-state index in [1.54, 1.807) is 0 Å². The van der Waals surface area contributed by atoms with Gasteiger partial charge in [0.2, 0.25) is 0 Å². The number of phenolic OH excluding ortho intramolecular Hbond substituents is 1. The van der Waals surface area contributed by atoms with Gasteiger partial charge >= 0.3 is 0 Å². The Morgan fingerprint density at radius 3 is 2.45 bits per heavy atom. The van der Waals surface area contributed by atoms with E-state index in [9.17, 15) is 9.50 Å². The third kappa shape index (κ3) is 3.64. The van der Waals surface area contributed by atoms with Crippen LogP contribution >= 0.6 is 12.4 Å². The Morgan fingerprint density at radius 2 is 1.85 bits per heavy atom. The molecule has 0 spiro atoms. The Bertz CT molecular complexity index is 433. The summed E-state index contributed by atoms with van der Waals surface area (Å²) >= 11 is 0. The molecule has 0 radical (unpaired) electrons. The number of nitrogens with zero attached hydrogens (tertiary/aromatic N) is 1. The summed E-state index contributed by atoms with van der Waals surface area (Å²) in [6.07, 6.45) is 4.79. The molecule has 1 aromatic carbocycles. The highest BCUT2D eigenvalue weighted by Crippen LogP contribution is 2.32. The van der Waals surface area contributed by atoms with Crippen molar-refractivity contribution >= 4 is 12.4 Å². The van der Waals surface area contributed by atoms with E-state index < -0.39 is 0 Å². The molecule has 114 valence electrons. The van der Waals surface area contributed by atoms with Gasteiger partial charge in [-0.25, -0.2) is 4.39 Å². The number of rotatable bonds is 5. The third-order valence-corrected chi connectivity index (χ3v) is 4.05. The zero-order valence-corrected chi connectivity index (χ0v) is 13.2. The fourth-order valence-corrected chi connectivity index (χ4v) is 3.16. The Balaban J connectivity index is 0.00000200. The van der Waals surface area contributed by atoms with E-state index >= 15 is 0 Å². The van der Waals surface area contributed by atoms with Gasteiger partial charge in [0, 0.05) is 11.6 Å². The molecule has 0 aromatic heterocycles. The predicted molar refractivity (Wildman–Crippen MR) is 83.3 cm³/mol. The van der Waals surface area contributed by atoms with Crippen molar-refractivity contribution in [2.75, 3.05) is 13.1 Å². The molecule has 1 aromatic rings. The Hall–Kier alpha value is -0.800. The summed E-state index contributed by atoms with van der Waals surface area (Å²) in [7, 11) is 0. The first-order chi connectivity index (χ1) is 9.17. The van der Waals surface area contributed by atoms with Gasteiger partial charge in [-0.1, -0.05) is 13.8 Å². The topological polar surface area (TPSA) is 23.5 Å². The molecule has 0 saturated heterocycles. The predicted octanol–water partition coefficient (Wildman–Crippen LogP) is 3.93. The minimum absolute atomic E-state index is 0. The summed E-state index contributed by atoms with van der Waals surface area (Å²) in [5, 5.41) is 9.95. The minimum Gasteiger partial charge on any atom is -0.508 e. The molecule has 0 bridgehead atoms. The zero-order valence-electron chi connectivity index (χ0n) is 12.4. The van der Waals surface area contributed by atoms with Crippen LogP contribution in [-0.4, -0.2) is 29.1 Å². The van der Waals surface area contributed by atoms with Crippen molar-refractivity contribution in [1.29, 1.82) is 0 Å². The van der Waals surface area contributed by atoms with Gasteiger partial charge in [0.15, 0.2) is 0 Å². The standard InChI is InChI=1S/C16H24FNO.ClH/c1-3-9-18(10-4-2)12-5-6-13-14(11-12)16(19)8-7-15(13)17;/h7-8,12,19H,3-6,9-11H2,1-2H3;1H/t12-;/m0./s1. The first kappa shape index (κ1) is 17.3. The molecule has 0 unspecified atom stereocenters. The normalized spacial score (nSPS) is 17.7. The zero-order chi connectivity index (χ0) is 13.8. The molecular weight excluding hydrogens is 277 g/mol. The molecule has 2 rings (SSSR count). The molecule has 1 aliphatic rings. The summed E-state index contributed by atoms with van der Waals surface area (Å²) < 4.78 is 13.8. The van der Waals surface area contributed by atoms with Crippen LogP contribution in [0.15, 0.2) is 12.1 Å². The molecular formula is C16H25ClFNO. The number of benzene rings is 1. The van der Waals surface area contributed by atoms with Crippen LogP contribution in [0.1, 0.15) is 44.2 Å². The van der Waals surface area contributed by atoms with E-state index in [0.29, 0.717) is 6.04 Å². The number of halogens is 2. The van der Waals surface area contributed by atoms with Crippen LogP contribution in [0.5, 0.6) is 5.75 Å². The van der Waals surface area contributed by atoms with Crippen molar-refractivity contribution in [2.24, 2.45) is 0 Å². The van der Waals surface area contributed by atoms with E-state index in [2.05, 4.69) is 18.7 Å². The molecule has 0 amide bonds. The quantitative estimate of drug-likeness (QED) is 0.890. The van der Waals surface area contributed by atoms with E-state index in [1.807, 2.05) is 0 Å². The molecule has 20 heavy (non-hydrogen) atoms. The smallest absolute Gasteiger partial charge is 0.126 e. The van der Waals surface area contributed by atoms with Crippen LogP contribution in [0.4, 0.5) is 4.39 Å². The van der Waals surface area contributed by atoms with Gasteiger partial charge in [0.25, 0.3) is 0 Å². The van der Waals surface area contributed by atoms with Crippen molar-refractivity contribution in [1.82, 2.24) is 4.90 Å². The Labute approximate surface area is 127 Å². The molecule has 0 saturated carbocycles. The largest absolute Gasteiger partial charge is 0.508 e. The highest BCUT2D eigenvalue weighted by Gasteiger charge is 2.27. The second-order valence-corrected chi connectivity index (χ2v) is 5.46. The van der Waals surface area contributed by atoms with Gasteiger partial charge in [-0.3, -0.25) is 0 Å². The molecule has 0 aliphatic heterocycles. The number of aromatic hydroxyl groups is 1. The molecule has 1 atom stereocenters. The lowest BCUT2D eigenvalue weighted by molar-refractivity contribution is 0.178. The van der Waals surface area contributed by atoms with Gasteiger partial charge in [0.05, 0.1) is 0 Å². The number of hydrogen-bond acceptors (Lipinski definition) is 2. The van der Waals surface area contributed by atoms with Gasteiger partial charge in [-0.15, -0.1) is 12.4 Å². The van der Waals surface area contributed by atoms with E-state index in [1.165, 1.54) is 12.1 Å². The summed E-state index contributed by atoms with van der Waals surface area (Å²) in [5.41, 5.74) is 1.55. The molecule has 0 heterocycles. The van der Waals surface area contributed by atoms with Crippen molar-refractivity contribution < 1.29 is 9.50 Å². The second-order valence-electron chi connectivity index (χ2n) is 5.46. The molecule has 1 aliphatic carbocycles. The summed E-state index contributed by atoms with van der Waals surface area (Å²) in [4.78, 5) is 2.49. The fraction of sp³-hybridized carbons (Fsp3) is 0.625. The van der Waals surface area contributed by atoms with Crippen molar-refractivity contribution in [3.05, 3.63) is 29.1 Å². The molecule has 0 fully saturated rings. The van der Waals surface area contributed by atoms with Crippen molar-refractivity contribution in [3.63, 3.8) is 0 Å². The first-order valence-corrected chi connectivity index (χ1v) is 7.40. The van der Waals surface area contributed by atoms with Gasteiger partial charge in [-0.2, -0.15) is 0 Å². The highest BCUT2D eigenvalue weighted by molar-refractivity contribution is 5.85. The summed E-state index contributed by atoms with van der Waals surface area (Å²) in [6.45, 7) is 6.56. The number of hydrogen-bond donors (Lipinski definition) is 1. The Kier molecular flexibility index (Phi) is 6.77. The second kappa shape index (κ2) is 7.84. The van der Waals surface area contributed by atoms with E-state index in [4.69, 9.17) is 0 Å². The minimum atomic E-state index is -0.163. The Morgan fingerprint density at radius 1 is 1.20 bits per heavy atom. The lowest BCUT2D eigenvalue weighted by atomic mass is 9.86. The van der Waals surface area contributed by atoms with Crippen LogP contribution < -0.4 is 0 Å². The fourth-order valence-electron chi connectivity index (χ4n) is 3.16. The van der Waals surface area contributed by atoms with E-state index in [-0.39, 0.29) is 24.0 Å². The number of phenols is 1. The van der Waals surface area contributed by atoms with Crippen LogP contribution in [0.3, 0.4) is 0 Å². The monoisotopic (exact) mass is 301 g/mol. The van der Waals surface area contributed by atoms with Crippen molar-refractivity contribution in [3.8, 4) is 5.75 Å². The first-order valence-electron chi connectivity index (χ1n) is 7.40. The maximum Gasteiger partial charge on any atom is 0.126 e. The van der Waals surface area contributed by atoms with Crippen molar-refractivity contribution in [2.45, 2.75) is 52.0 Å². The van der Waals surface area contributed by atoms with Crippen LogP contribution in [0.25, 0.3) is 0 Å². The molecule has 4 heteroatoms. The molecule has 2 nitrogen and oxygen atoms in total.